The van der Waals surface area contributed by atoms with Gasteiger partial charge in [0, 0.05) is 25.7 Å². The fourth-order valence-corrected chi connectivity index (χ4v) is 2.78. The summed E-state index contributed by atoms with van der Waals surface area (Å²) in [7, 11) is 3.62. The van der Waals surface area contributed by atoms with Crippen LogP contribution in [0, 0.1) is 5.82 Å². The van der Waals surface area contributed by atoms with Crippen molar-refractivity contribution in [3.8, 4) is 11.1 Å². The topological polar surface area (TPSA) is 67.7 Å². The molecule has 5 nitrogen and oxygen atoms in total. The fraction of sp³-hybridized carbons (Fsp3) is 0.238. The van der Waals surface area contributed by atoms with E-state index in [0.29, 0.717) is 23.8 Å². The second-order valence-electron chi connectivity index (χ2n) is 6.73. The van der Waals surface area contributed by atoms with Gasteiger partial charge < -0.3 is 15.2 Å². The zero-order chi connectivity index (χ0) is 19.4. The summed E-state index contributed by atoms with van der Waals surface area (Å²) in [5.74, 6) is 0.756. The van der Waals surface area contributed by atoms with Gasteiger partial charge >= 0.3 is 0 Å². The summed E-state index contributed by atoms with van der Waals surface area (Å²) >= 11 is 0. The number of guanidine groups is 1. The van der Waals surface area contributed by atoms with Gasteiger partial charge in [0.15, 0.2) is 5.96 Å². The van der Waals surface area contributed by atoms with Crippen LogP contribution in [0.3, 0.4) is 0 Å². The highest BCUT2D eigenvalue weighted by atomic mass is 19.1. The minimum absolute atomic E-state index is 0.217. The largest absolute Gasteiger partial charge is 0.369 e. The van der Waals surface area contributed by atoms with Gasteiger partial charge in [0.05, 0.1) is 5.69 Å². The third kappa shape index (κ3) is 4.53. The predicted octanol–water partition coefficient (Wildman–Crippen LogP) is 4.33. The molecule has 0 radical (unpaired) electrons. The van der Waals surface area contributed by atoms with Gasteiger partial charge in [0.2, 0.25) is 0 Å². The Morgan fingerprint density at radius 3 is 2.56 bits per heavy atom. The Balaban J connectivity index is 1.70. The number of hydrogen-bond acceptors (Lipinski definition) is 3. The summed E-state index contributed by atoms with van der Waals surface area (Å²) in [6.07, 6.45) is 0.708. The van der Waals surface area contributed by atoms with Crippen molar-refractivity contribution in [2.45, 2.75) is 19.3 Å². The first kappa shape index (κ1) is 18.6. The maximum atomic E-state index is 13.9. The average molecular weight is 366 g/mol. The molecule has 0 bridgehead atoms. The molecule has 2 N–H and O–H groups in total. The first-order valence-electron chi connectivity index (χ1n) is 8.76. The van der Waals surface area contributed by atoms with Crippen LogP contribution in [-0.4, -0.2) is 30.1 Å². The molecule has 1 heterocycles. The van der Waals surface area contributed by atoms with E-state index >= 15 is 0 Å². The normalized spacial score (nSPS) is 12.8. The van der Waals surface area contributed by atoms with Crippen LogP contribution >= 0.6 is 0 Å². The van der Waals surface area contributed by atoms with Crippen molar-refractivity contribution in [2.75, 3.05) is 14.1 Å². The molecule has 6 heteroatoms. The van der Waals surface area contributed by atoms with E-state index in [1.165, 1.54) is 6.07 Å². The molecule has 0 spiro atoms. The van der Waals surface area contributed by atoms with E-state index in [1.54, 1.807) is 23.1 Å². The third-order valence-corrected chi connectivity index (χ3v) is 4.41. The Morgan fingerprint density at radius 1 is 1.19 bits per heavy atom. The molecule has 3 rings (SSSR count). The smallest absolute Gasteiger partial charge is 0.253 e. The number of nitrogens with zero attached hydrogens (tertiary/aromatic N) is 3. The first-order valence-corrected chi connectivity index (χ1v) is 8.76. The van der Waals surface area contributed by atoms with Crippen molar-refractivity contribution < 1.29 is 8.91 Å². The summed E-state index contributed by atoms with van der Waals surface area (Å²) in [5.41, 5.74) is 9.21. The van der Waals surface area contributed by atoms with E-state index in [-0.39, 0.29) is 11.7 Å². The Kier molecular flexibility index (Phi) is 5.54. The highest BCUT2D eigenvalue weighted by Crippen LogP contribution is 2.27. The lowest BCUT2D eigenvalue weighted by Gasteiger charge is -2.11. The zero-order valence-corrected chi connectivity index (χ0v) is 15.7. The fourth-order valence-electron chi connectivity index (χ4n) is 2.78. The van der Waals surface area contributed by atoms with Crippen LogP contribution in [0.15, 0.2) is 64.1 Å². The highest BCUT2D eigenvalue weighted by molar-refractivity contribution is 5.79. The molecule has 0 aliphatic heterocycles. The predicted molar refractivity (Wildman–Crippen MR) is 105 cm³/mol. The summed E-state index contributed by atoms with van der Waals surface area (Å²) < 4.78 is 19.1. The van der Waals surface area contributed by atoms with E-state index < -0.39 is 0 Å². The van der Waals surface area contributed by atoms with Gasteiger partial charge in [-0.15, -0.1) is 0 Å². The van der Waals surface area contributed by atoms with Crippen LogP contribution in [0.2, 0.25) is 0 Å². The van der Waals surface area contributed by atoms with Crippen molar-refractivity contribution in [3.05, 3.63) is 71.7 Å². The second-order valence-corrected chi connectivity index (χ2v) is 6.73. The maximum Gasteiger partial charge on any atom is 0.253 e. The van der Waals surface area contributed by atoms with Crippen molar-refractivity contribution in [1.82, 2.24) is 10.1 Å². The van der Waals surface area contributed by atoms with E-state index in [2.05, 4.69) is 17.1 Å². The lowest BCUT2D eigenvalue weighted by atomic mass is 9.94. The summed E-state index contributed by atoms with van der Waals surface area (Å²) in [6, 6.07) is 16.5. The first-order chi connectivity index (χ1) is 12.9. The molecule has 3 aromatic rings. The SMILES string of the molecule is CC(Cc1cc(N=C(N)N(C)C)on1)c1ccc(-c2ccccc2F)cc1. The van der Waals surface area contributed by atoms with Crippen molar-refractivity contribution in [1.29, 1.82) is 0 Å². The van der Waals surface area contributed by atoms with Crippen LogP contribution in [0.5, 0.6) is 0 Å². The Labute approximate surface area is 158 Å². The van der Waals surface area contributed by atoms with Crippen molar-refractivity contribution in [2.24, 2.45) is 10.7 Å². The molecule has 1 aromatic heterocycles. The summed E-state index contributed by atoms with van der Waals surface area (Å²) in [5, 5.41) is 4.07. The molecule has 1 atom stereocenters. The van der Waals surface area contributed by atoms with E-state index in [4.69, 9.17) is 10.3 Å². The third-order valence-electron chi connectivity index (χ3n) is 4.41. The average Bonchev–Trinajstić information content (AvgIpc) is 3.09. The molecule has 0 saturated heterocycles. The van der Waals surface area contributed by atoms with Gasteiger partial charge in [0.1, 0.15) is 5.82 Å². The van der Waals surface area contributed by atoms with Crippen LogP contribution < -0.4 is 5.73 Å². The quantitative estimate of drug-likeness (QED) is 0.539. The Bertz CT molecular complexity index is 931. The number of aromatic nitrogens is 1. The van der Waals surface area contributed by atoms with E-state index in [0.717, 1.165) is 16.8 Å². The molecule has 0 saturated carbocycles. The molecule has 2 aromatic carbocycles. The molecule has 0 aliphatic rings. The molecular weight excluding hydrogens is 343 g/mol. The van der Waals surface area contributed by atoms with Crippen LogP contribution in [-0.2, 0) is 6.42 Å². The van der Waals surface area contributed by atoms with Gasteiger partial charge in [-0.2, -0.15) is 4.99 Å². The van der Waals surface area contributed by atoms with E-state index in [1.807, 2.05) is 44.4 Å². The lowest BCUT2D eigenvalue weighted by molar-refractivity contribution is 0.418. The van der Waals surface area contributed by atoms with Crippen LogP contribution in [0.4, 0.5) is 10.3 Å². The number of nitrogens with two attached hydrogens (primary N) is 1. The second kappa shape index (κ2) is 8.03. The summed E-state index contributed by atoms with van der Waals surface area (Å²) in [4.78, 5) is 5.86. The molecule has 27 heavy (non-hydrogen) atoms. The van der Waals surface area contributed by atoms with Gasteiger partial charge in [0.25, 0.3) is 5.88 Å². The minimum Gasteiger partial charge on any atom is -0.369 e. The highest BCUT2D eigenvalue weighted by Gasteiger charge is 2.12. The lowest BCUT2D eigenvalue weighted by Crippen LogP contribution is -2.29. The minimum atomic E-state index is -0.217. The number of hydrogen-bond donors (Lipinski definition) is 1. The standard InChI is InChI=1S/C21H23FN4O/c1-14(12-17-13-20(27-25-17)24-21(23)26(2)3)15-8-10-16(11-9-15)18-6-4-5-7-19(18)22/h4-11,13-14H,12H2,1-3H3,(H2,23,24). The molecule has 1 unspecified atom stereocenters. The van der Waals surface area contributed by atoms with Gasteiger partial charge in [-0.25, -0.2) is 4.39 Å². The molecule has 0 fully saturated rings. The molecule has 0 aliphatic carbocycles. The van der Waals surface area contributed by atoms with Gasteiger partial charge in [-0.1, -0.05) is 54.5 Å². The maximum absolute atomic E-state index is 13.9. The molecular formula is C21H23FN4O. The van der Waals surface area contributed by atoms with Crippen molar-refractivity contribution >= 4 is 11.8 Å². The number of halogens is 1. The Hall–Kier alpha value is -3.15. The van der Waals surface area contributed by atoms with E-state index in [9.17, 15) is 4.39 Å². The molecule has 0 amide bonds. The Morgan fingerprint density at radius 2 is 1.89 bits per heavy atom. The number of aliphatic imine (C=N–C) groups is 1. The zero-order valence-electron chi connectivity index (χ0n) is 15.7. The van der Waals surface area contributed by atoms with Crippen molar-refractivity contribution in [3.63, 3.8) is 0 Å². The van der Waals surface area contributed by atoms with Crippen LogP contribution in [0.25, 0.3) is 11.1 Å². The number of rotatable bonds is 5. The van der Waals surface area contributed by atoms with Gasteiger partial charge in [-0.3, -0.25) is 0 Å². The van der Waals surface area contributed by atoms with Crippen LogP contribution in [0.1, 0.15) is 24.1 Å². The molecule has 140 valence electrons. The number of benzene rings is 2. The van der Waals surface area contributed by atoms with Gasteiger partial charge in [-0.05, 0) is 29.5 Å². The summed E-state index contributed by atoms with van der Waals surface area (Å²) in [6.45, 7) is 2.11. The monoisotopic (exact) mass is 366 g/mol.